The number of rotatable bonds is 8. The van der Waals surface area contributed by atoms with Crippen LogP contribution in [0.15, 0.2) is 73.1 Å². The lowest BCUT2D eigenvalue weighted by Crippen LogP contribution is -1.97. The summed E-state index contributed by atoms with van der Waals surface area (Å²) in [6.45, 7) is 0. The molecule has 0 unspecified atom stereocenters. The van der Waals surface area contributed by atoms with Crippen LogP contribution in [0.2, 0.25) is 0 Å². The van der Waals surface area contributed by atoms with E-state index in [0.29, 0.717) is 34.4 Å². The Labute approximate surface area is 191 Å². The number of aromatic nitrogens is 2. The summed E-state index contributed by atoms with van der Waals surface area (Å²) in [6.07, 6.45) is 4.66. The Kier molecular flexibility index (Phi) is 6.50. The lowest BCUT2D eigenvalue weighted by atomic mass is 10.1. The zero-order valence-corrected chi connectivity index (χ0v) is 18.4. The Bertz CT molecular complexity index is 1290. The van der Waals surface area contributed by atoms with Crippen molar-refractivity contribution in [1.82, 2.24) is 9.97 Å². The fourth-order valence-electron chi connectivity index (χ4n) is 3.33. The van der Waals surface area contributed by atoms with Crippen molar-refractivity contribution >= 4 is 22.8 Å². The molecule has 0 atom stereocenters. The van der Waals surface area contributed by atoms with Crippen LogP contribution >= 0.6 is 0 Å². The molecule has 33 heavy (non-hydrogen) atoms. The number of ketones is 1. The smallest absolute Gasteiger partial charge is 0.230 e. The maximum Gasteiger partial charge on any atom is 0.230 e. The zero-order chi connectivity index (χ0) is 23.2. The molecular formula is C26H22N2O5. The van der Waals surface area contributed by atoms with Crippen molar-refractivity contribution in [3.05, 3.63) is 84.2 Å². The second-order valence-corrected chi connectivity index (χ2v) is 6.98. The van der Waals surface area contributed by atoms with Crippen molar-refractivity contribution < 1.29 is 23.7 Å². The third kappa shape index (κ3) is 4.77. The van der Waals surface area contributed by atoms with E-state index in [2.05, 4.69) is 9.97 Å². The third-order valence-corrected chi connectivity index (χ3v) is 4.97. The first-order valence-electron chi connectivity index (χ1n) is 10.1. The molecule has 1 heterocycles. The molecule has 0 saturated heterocycles. The average molecular weight is 442 g/mol. The highest BCUT2D eigenvalue weighted by Crippen LogP contribution is 2.38. The van der Waals surface area contributed by atoms with E-state index < -0.39 is 0 Å². The van der Waals surface area contributed by atoms with E-state index in [0.717, 1.165) is 16.5 Å². The molecule has 0 N–H and O–H groups in total. The van der Waals surface area contributed by atoms with Gasteiger partial charge in [-0.3, -0.25) is 4.79 Å². The Morgan fingerprint density at radius 1 is 0.848 bits per heavy atom. The van der Waals surface area contributed by atoms with E-state index in [9.17, 15) is 4.79 Å². The number of carbonyl (C=O) groups excluding carboxylic acids is 1. The first-order valence-corrected chi connectivity index (χ1v) is 10.1. The predicted octanol–water partition coefficient (Wildman–Crippen LogP) is 5.34. The Balaban J connectivity index is 1.50. The van der Waals surface area contributed by atoms with Crippen LogP contribution in [-0.2, 0) is 0 Å². The SMILES string of the molecule is COc1cc(/C=C/C(=O)c2ccc(Oc3ncnc4ccccc34)cc2)cc(OC)c1OC. The second-order valence-electron chi connectivity index (χ2n) is 6.98. The maximum atomic E-state index is 12.7. The van der Waals surface area contributed by atoms with E-state index in [1.165, 1.54) is 12.4 Å². The van der Waals surface area contributed by atoms with Crippen molar-refractivity contribution in [1.29, 1.82) is 0 Å². The first kappa shape index (κ1) is 21.8. The number of methoxy groups -OCH3 is 3. The lowest BCUT2D eigenvalue weighted by Gasteiger charge is -2.12. The summed E-state index contributed by atoms with van der Waals surface area (Å²) < 4.78 is 21.9. The van der Waals surface area contributed by atoms with Crippen molar-refractivity contribution in [3.63, 3.8) is 0 Å². The molecule has 0 aliphatic rings. The van der Waals surface area contributed by atoms with Crippen LogP contribution in [-0.4, -0.2) is 37.1 Å². The molecule has 0 bridgehead atoms. The topological polar surface area (TPSA) is 79.8 Å². The van der Waals surface area contributed by atoms with Crippen LogP contribution in [0.5, 0.6) is 28.9 Å². The highest BCUT2D eigenvalue weighted by Gasteiger charge is 2.12. The van der Waals surface area contributed by atoms with Crippen LogP contribution < -0.4 is 18.9 Å². The van der Waals surface area contributed by atoms with Gasteiger partial charge >= 0.3 is 0 Å². The summed E-state index contributed by atoms with van der Waals surface area (Å²) in [5.41, 5.74) is 2.07. The van der Waals surface area contributed by atoms with Crippen LogP contribution in [0.25, 0.3) is 17.0 Å². The number of hydrogen-bond donors (Lipinski definition) is 0. The highest BCUT2D eigenvalue weighted by atomic mass is 16.5. The van der Waals surface area contributed by atoms with E-state index in [1.54, 1.807) is 63.8 Å². The summed E-state index contributed by atoms with van der Waals surface area (Å²) >= 11 is 0. The highest BCUT2D eigenvalue weighted by molar-refractivity contribution is 6.06. The Morgan fingerprint density at radius 2 is 1.55 bits per heavy atom. The van der Waals surface area contributed by atoms with Gasteiger partial charge in [-0.2, -0.15) is 0 Å². The van der Waals surface area contributed by atoms with E-state index in [1.807, 2.05) is 24.3 Å². The normalized spacial score (nSPS) is 10.9. The molecule has 4 aromatic rings. The molecule has 0 amide bonds. The molecule has 0 aliphatic heterocycles. The van der Waals surface area contributed by atoms with Gasteiger partial charge in [0.2, 0.25) is 11.6 Å². The van der Waals surface area contributed by atoms with Gasteiger partial charge < -0.3 is 18.9 Å². The van der Waals surface area contributed by atoms with Gasteiger partial charge in [0, 0.05) is 5.56 Å². The standard InChI is InChI=1S/C26H22N2O5/c1-30-23-14-17(15-24(31-2)25(23)32-3)8-13-22(29)18-9-11-19(12-10-18)33-26-20-6-4-5-7-21(20)27-16-28-26/h4-16H,1-3H3/b13-8+. The minimum atomic E-state index is -0.150. The monoisotopic (exact) mass is 442 g/mol. The summed E-state index contributed by atoms with van der Waals surface area (Å²) in [5.74, 6) is 2.41. The summed E-state index contributed by atoms with van der Waals surface area (Å²) in [4.78, 5) is 21.1. The quantitative estimate of drug-likeness (QED) is 0.269. The Hall–Kier alpha value is -4.39. The first-order chi connectivity index (χ1) is 16.1. The second kappa shape index (κ2) is 9.82. The number of hydrogen-bond acceptors (Lipinski definition) is 7. The van der Waals surface area contributed by atoms with Gasteiger partial charge in [-0.05, 0) is 60.2 Å². The molecule has 0 fully saturated rings. The van der Waals surface area contributed by atoms with E-state index >= 15 is 0 Å². The van der Waals surface area contributed by atoms with Gasteiger partial charge in [-0.1, -0.05) is 18.2 Å². The van der Waals surface area contributed by atoms with Gasteiger partial charge in [0.25, 0.3) is 0 Å². The summed E-state index contributed by atoms with van der Waals surface area (Å²) in [6, 6.07) is 18.0. The van der Waals surface area contributed by atoms with Crippen molar-refractivity contribution in [2.45, 2.75) is 0 Å². The molecule has 166 valence electrons. The van der Waals surface area contributed by atoms with E-state index in [4.69, 9.17) is 18.9 Å². The maximum absolute atomic E-state index is 12.7. The third-order valence-electron chi connectivity index (χ3n) is 4.97. The fourth-order valence-corrected chi connectivity index (χ4v) is 3.33. The zero-order valence-electron chi connectivity index (χ0n) is 18.4. The van der Waals surface area contributed by atoms with Crippen LogP contribution in [0.4, 0.5) is 0 Å². The Morgan fingerprint density at radius 3 is 2.21 bits per heavy atom. The van der Waals surface area contributed by atoms with Crippen LogP contribution in [0, 0.1) is 0 Å². The van der Waals surface area contributed by atoms with Crippen LogP contribution in [0.3, 0.4) is 0 Å². The predicted molar refractivity (Wildman–Crippen MR) is 126 cm³/mol. The molecule has 7 nitrogen and oxygen atoms in total. The lowest BCUT2D eigenvalue weighted by molar-refractivity contribution is 0.104. The molecule has 4 rings (SSSR count). The van der Waals surface area contributed by atoms with Crippen molar-refractivity contribution in [3.8, 4) is 28.9 Å². The molecule has 0 spiro atoms. The molecule has 7 heteroatoms. The van der Waals surface area contributed by atoms with Gasteiger partial charge in [-0.25, -0.2) is 9.97 Å². The summed E-state index contributed by atoms with van der Waals surface area (Å²) in [7, 11) is 4.63. The molecule has 3 aromatic carbocycles. The number of nitrogens with zero attached hydrogens (tertiary/aromatic N) is 2. The van der Waals surface area contributed by atoms with Gasteiger partial charge in [0.15, 0.2) is 17.3 Å². The number of benzene rings is 3. The molecular weight excluding hydrogens is 420 g/mol. The largest absolute Gasteiger partial charge is 0.493 e. The minimum Gasteiger partial charge on any atom is -0.493 e. The number of carbonyl (C=O) groups is 1. The molecule has 1 aromatic heterocycles. The van der Waals surface area contributed by atoms with E-state index in [-0.39, 0.29) is 5.78 Å². The molecule has 0 radical (unpaired) electrons. The van der Waals surface area contributed by atoms with Crippen LogP contribution in [0.1, 0.15) is 15.9 Å². The minimum absolute atomic E-state index is 0.150. The number of fused-ring (bicyclic) bond motifs is 1. The molecule has 0 aliphatic carbocycles. The fraction of sp³-hybridized carbons (Fsp3) is 0.115. The molecule has 0 saturated carbocycles. The average Bonchev–Trinajstić information content (AvgIpc) is 2.87. The number of para-hydroxylation sites is 1. The summed E-state index contributed by atoms with van der Waals surface area (Å²) in [5, 5.41) is 0.813. The van der Waals surface area contributed by atoms with Gasteiger partial charge in [-0.15, -0.1) is 0 Å². The van der Waals surface area contributed by atoms with Crippen molar-refractivity contribution in [2.24, 2.45) is 0 Å². The van der Waals surface area contributed by atoms with Crippen molar-refractivity contribution in [2.75, 3.05) is 21.3 Å². The van der Waals surface area contributed by atoms with Gasteiger partial charge in [0.05, 0.1) is 32.2 Å². The number of allylic oxidation sites excluding steroid dienone is 1. The van der Waals surface area contributed by atoms with Gasteiger partial charge in [0.1, 0.15) is 12.1 Å². The number of ether oxygens (including phenoxy) is 4.